The van der Waals surface area contributed by atoms with Crippen LogP contribution < -0.4 is 11.1 Å². The highest BCUT2D eigenvalue weighted by Gasteiger charge is 2.52. The van der Waals surface area contributed by atoms with E-state index in [2.05, 4.69) is 10.7 Å². The predicted octanol–water partition coefficient (Wildman–Crippen LogP) is 1.47. The van der Waals surface area contributed by atoms with Gasteiger partial charge in [0.25, 0.3) is 5.91 Å². The molecule has 4 atom stereocenters. The van der Waals surface area contributed by atoms with Crippen molar-refractivity contribution >= 4 is 17.2 Å². The first-order chi connectivity index (χ1) is 9.75. The van der Waals surface area contributed by atoms with Crippen molar-refractivity contribution in [3.8, 4) is 0 Å². The molecule has 2 aliphatic carbocycles. The van der Waals surface area contributed by atoms with Crippen LogP contribution in [0.5, 0.6) is 0 Å². The Balaban J connectivity index is 1.49. The molecular weight excluding hydrogens is 272 g/mol. The zero-order valence-corrected chi connectivity index (χ0v) is 12.2. The fraction of sp³-hybridized carbons (Fsp3) is 0.667. The van der Waals surface area contributed by atoms with Gasteiger partial charge >= 0.3 is 0 Å². The average Bonchev–Trinajstić information content (AvgIpc) is 3.08. The maximum absolute atomic E-state index is 12.5. The first kappa shape index (κ1) is 12.8. The number of hydrogen-bond acceptors (Lipinski definition) is 4. The summed E-state index contributed by atoms with van der Waals surface area (Å²) >= 11 is 1.58. The molecule has 1 amide bonds. The molecule has 3 N–H and O–H groups in total. The highest BCUT2D eigenvalue weighted by molar-refractivity contribution is 7.12. The number of nitrogens with one attached hydrogen (secondary N) is 1. The smallest absolute Gasteiger partial charge is 0.262 e. The van der Waals surface area contributed by atoms with Gasteiger partial charge in [-0.1, -0.05) is 0 Å². The minimum Gasteiger partial charge on any atom is -0.376 e. The van der Waals surface area contributed by atoms with E-state index in [1.165, 1.54) is 24.0 Å². The van der Waals surface area contributed by atoms with E-state index in [4.69, 9.17) is 10.5 Å². The number of nitrogens with two attached hydrogens (primary N) is 1. The number of carbonyl (C=O) groups excluding carboxylic acids is 1. The number of hydrogen-bond donors (Lipinski definition) is 2. The van der Waals surface area contributed by atoms with Gasteiger partial charge in [0.1, 0.15) is 0 Å². The van der Waals surface area contributed by atoms with Crippen LogP contribution in [0, 0.1) is 5.92 Å². The molecule has 1 aromatic heterocycles. The molecule has 20 heavy (non-hydrogen) atoms. The lowest BCUT2D eigenvalue weighted by Gasteiger charge is -2.45. The molecule has 0 spiro atoms. The van der Waals surface area contributed by atoms with Crippen molar-refractivity contribution < 1.29 is 9.53 Å². The number of rotatable bonds is 2. The molecule has 0 unspecified atom stereocenters. The molecule has 1 saturated heterocycles. The van der Waals surface area contributed by atoms with Crippen LogP contribution >= 0.6 is 11.3 Å². The van der Waals surface area contributed by atoms with Crippen LogP contribution in [0.1, 0.15) is 40.1 Å². The molecule has 2 heterocycles. The molecular formula is C15H20N2O2S. The van der Waals surface area contributed by atoms with Gasteiger partial charge in [-0.25, -0.2) is 0 Å². The van der Waals surface area contributed by atoms with Gasteiger partial charge < -0.3 is 15.8 Å². The summed E-state index contributed by atoms with van der Waals surface area (Å²) in [5.74, 6) is 0.491. The molecule has 0 radical (unpaired) electrons. The fourth-order valence-corrected chi connectivity index (χ4v) is 4.92. The van der Waals surface area contributed by atoms with E-state index in [-0.39, 0.29) is 24.1 Å². The molecule has 0 aromatic carbocycles. The fourth-order valence-electron chi connectivity index (χ4n) is 3.85. The quantitative estimate of drug-likeness (QED) is 0.867. The Hall–Kier alpha value is -0.910. The van der Waals surface area contributed by atoms with Crippen molar-refractivity contribution in [1.82, 2.24) is 5.32 Å². The number of fused-ring (bicyclic) bond motifs is 2. The van der Waals surface area contributed by atoms with E-state index in [1.807, 2.05) is 0 Å². The van der Waals surface area contributed by atoms with Crippen LogP contribution in [0.3, 0.4) is 0 Å². The molecule has 108 valence electrons. The van der Waals surface area contributed by atoms with Crippen LogP contribution in [-0.2, 0) is 17.6 Å². The first-order valence-corrected chi connectivity index (χ1v) is 8.41. The summed E-state index contributed by atoms with van der Waals surface area (Å²) in [6.07, 6.45) is 5.78. The van der Waals surface area contributed by atoms with Crippen molar-refractivity contribution in [3.05, 3.63) is 21.4 Å². The van der Waals surface area contributed by atoms with E-state index in [9.17, 15) is 4.79 Å². The van der Waals surface area contributed by atoms with E-state index in [0.29, 0.717) is 5.92 Å². The summed E-state index contributed by atoms with van der Waals surface area (Å²) in [5, 5.41) is 5.26. The number of amides is 1. The van der Waals surface area contributed by atoms with E-state index < -0.39 is 0 Å². The number of thiophene rings is 1. The van der Waals surface area contributed by atoms with Gasteiger partial charge in [-0.05, 0) is 48.6 Å². The normalized spacial score (nSPS) is 35.0. The zero-order valence-electron chi connectivity index (χ0n) is 11.4. The third kappa shape index (κ3) is 1.84. The highest BCUT2D eigenvalue weighted by Crippen LogP contribution is 2.38. The van der Waals surface area contributed by atoms with Gasteiger partial charge in [0.05, 0.1) is 17.0 Å². The van der Waals surface area contributed by atoms with Crippen LogP contribution in [-0.4, -0.2) is 30.7 Å². The van der Waals surface area contributed by atoms with Gasteiger partial charge in [-0.3, -0.25) is 4.79 Å². The Kier molecular flexibility index (Phi) is 3.09. The standard InChI is InChI=1S/C15H20N2O2S/c16-11-10-5-6-19-13(10)12(11)17-15(18)14-9-4-2-1-3-8(9)7-20-14/h7,10-13H,1-6,16H2,(H,17,18)/t10-,11+,12-,13-/m1/s1. The molecule has 3 aliphatic rings. The van der Waals surface area contributed by atoms with Crippen LogP contribution in [0.4, 0.5) is 0 Å². The molecule has 5 heteroatoms. The SMILES string of the molecule is N[C@H]1[C@H]2CCO[C@H]2[C@@H]1NC(=O)c1scc2c1CCCC2. The number of aryl methyl sites for hydroxylation is 1. The third-order valence-corrected chi connectivity index (χ3v) is 6.12. The number of ether oxygens (including phenoxy) is 1. The summed E-state index contributed by atoms with van der Waals surface area (Å²) in [7, 11) is 0. The Morgan fingerprint density at radius 1 is 1.40 bits per heavy atom. The van der Waals surface area contributed by atoms with Crippen molar-refractivity contribution in [3.63, 3.8) is 0 Å². The lowest BCUT2D eigenvalue weighted by atomic mass is 9.72. The zero-order chi connectivity index (χ0) is 13.7. The van der Waals surface area contributed by atoms with Crippen LogP contribution in [0.15, 0.2) is 5.38 Å². The lowest BCUT2D eigenvalue weighted by molar-refractivity contribution is -0.0160. The summed E-state index contributed by atoms with van der Waals surface area (Å²) < 4.78 is 5.67. The Morgan fingerprint density at radius 3 is 3.15 bits per heavy atom. The minimum absolute atomic E-state index is 0.00339. The molecule has 1 saturated carbocycles. The second-order valence-electron chi connectivity index (χ2n) is 6.14. The maximum Gasteiger partial charge on any atom is 0.262 e. The predicted molar refractivity (Wildman–Crippen MR) is 78.0 cm³/mol. The molecule has 0 bridgehead atoms. The summed E-state index contributed by atoms with van der Waals surface area (Å²) in [4.78, 5) is 13.4. The third-order valence-electron chi connectivity index (χ3n) is 5.05. The Labute approximate surface area is 122 Å². The van der Waals surface area contributed by atoms with Crippen molar-refractivity contribution in [2.24, 2.45) is 11.7 Å². The van der Waals surface area contributed by atoms with Crippen molar-refractivity contribution in [2.45, 2.75) is 50.3 Å². The van der Waals surface area contributed by atoms with E-state index in [0.717, 1.165) is 30.7 Å². The average molecular weight is 292 g/mol. The van der Waals surface area contributed by atoms with E-state index >= 15 is 0 Å². The largest absolute Gasteiger partial charge is 0.376 e. The van der Waals surface area contributed by atoms with Gasteiger partial charge in [-0.2, -0.15) is 0 Å². The maximum atomic E-state index is 12.5. The summed E-state index contributed by atoms with van der Waals surface area (Å²) in [6.45, 7) is 0.782. The second kappa shape index (κ2) is 4.83. The second-order valence-corrected chi connectivity index (χ2v) is 7.02. The van der Waals surface area contributed by atoms with Crippen LogP contribution in [0.25, 0.3) is 0 Å². The summed E-state index contributed by atoms with van der Waals surface area (Å²) in [5.41, 5.74) is 8.80. The summed E-state index contributed by atoms with van der Waals surface area (Å²) in [6, 6.07) is 0.0542. The molecule has 1 aromatic rings. The molecule has 4 rings (SSSR count). The lowest BCUT2D eigenvalue weighted by Crippen LogP contribution is -2.68. The first-order valence-electron chi connectivity index (χ1n) is 7.53. The van der Waals surface area contributed by atoms with Crippen molar-refractivity contribution in [1.29, 1.82) is 0 Å². The van der Waals surface area contributed by atoms with Gasteiger partial charge in [-0.15, -0.1) is 11.3 Å². The van der Waals surface area contributed by atoms with Crippen LogP contribution in [0.2, 0.25) is 0 Å². The van der Waals surface area contributed by atoms with Gasteiger partial charge in [0.2, 0.25) is 0 Å². The molecule has 1 aliphatic heterocycles. The van der Waals surface area contributed by atoms with Gasteiger partial charge in [0, 0.05) is 18.6 Å². The number of carbonyl (C=O) groups is 1. The van der Waals surface area contributed by atoms with Gasteiger partial charge in [0.15, 0.2) is 0 Å². The topological polar surface area (TPSA) is 64.3 Å². The minimum atomic E-state index is -0.00339. The van der Waals surface area contributed by atoms with E-state index in [1.54, 1.807) is 11.3 Å². The van der Waals surface area contributed by atoms with Crippen molar-refractivity contribution in [2.75, 3.05) is 6.61 Å². The monoisotopic (exact) mass is 292 g/mol. The Bertz CT molecular complexity index is 542. The molecule has 4 nitrogen and oxygen atoms in total. The molecule has 2 fully saturated rings. The highest BCUT2D eigenvalue weighted by atomic mass is 32.1. The Morgan fingerprint density at radius 2 is 2.25 bits per heavy atom.